The van der Waals surface area contributed by atoms with Crippen LogP contribution in [-0.4, -0.2) is 23.1 Å². The summed E-state index contributed by atoms with van der Waals surface area (Å²) in [6.45, 7) is 11.4. The molecule has 2 fully saturated rings. The molecule has 0 aliphatic heterocycles. The van der Waals surface area contributed by atoms with Crippen LogP contribution < -0.4 is 0 Å². The van der Waals surface area contributed by atoms with Crippen molar-refractivity contribution in [2.75, 3.05) is 0 Å². The van der Waals surface area contributed by atoms with Crippen molar-refractivity contribution < 1.29 is 19.1 Å². The molecule has 0 heterocycles. The van der Waals surface area contributed by atoms with Gasteiger partial charge in [0.05, 0.1) is 0 Å². The highest BCUT2D eigenvalue weighted by atomic mass is 16.6. The minimum atomic E-state index is -1.01. The van der Waals surface area contributed by atoms with E-state index in [4.69, 9.17) is 4.74 Å². The zero-order valence-corrected chi connectivity index (χ0v) is 18.4. The van der Waals surface area contributed by atoms with Gasteiger partial charge in [0, 0.05) is 17.8 Å². The Morgan fingerprint density at radius 1 is 1.03 bits per heavy atom. The third kappa shape index (κ3) is 2.53. The maximum absolute atomic E-state index is 12.8. The monoisotopic (exact) mass is 396 g/mol. The summed E-state index contributed by atoms with van der Waals surface area (Å²) in [4.78, 5) is 37.1. The number of hydrogen-bond acceptors (Lipinski definition) is 4. The number of ether oxygens (including phenoxy) is 1. The Balaban J connectivity index is 1.81. The largest absolute Gasteiger partial charge is 0.451 e. The fraction of sp³-hybridized carbons (Fsp3) is 0.640. The third-order valence-electron chi connectivity index (χ3n) is 8.74. The van der Waals surface area contributed by atoms with E-state index in [1.54, 1.807) is 6.92 Å². The summed E-state index contributed by atoms with van der Waals surface area (Å²) in [5, 5.41) is 0. The first-order valence-corrected chi connectivity index (χ1v) is 10.8. The Hall–Kier alpha value is -1.97. The van der Waals surface area contributed by atoms with Gasteiger partial charge in [-0.25, -0.2) is 0 Å². The first kappa shape index (κ1) is 20.3. The summed E-state index contributed by atoms with van der Waals surface area (Å²) in [5.74, 6) is 0.683. The SMILES string of the molecule is CC(=O)O[C@@]1(C(C)=O)CC[C@@H]2[C@H]3C=C(C)C4=CC(=O)C(C)=C[C@@]4(C)[C@@H]3CC[C@]21C. The number of hydrogen-bond donors (Lipinski definition) is 0. The molecule has 0 N–H and O–H groups in total. The van der Waals surface area contributed by atoms with Gasteiger partial charge in [0.1, 0.15) is 0 Å². The number of allylic oxidation sites excluding steroid dienone is 6. The molecule has 29 heavy (non-hydrogen) atoms. The summed E-state index contributed by atoms with van der Waals surface area (Å²) < 4.78 is 5.83. The number of fused-ring (bicyclic) bond motifs is 5. The molecule has 4 heteroatoms. The molecule has 0 spiro atoms. The predicted molar refractivity (Wildman–Crippen MR) is 111 cm³/mol. The molecular formula is C25H32O4. The van der Waals surface area contributed by atoms with E-state index in [9.17, 15) is 14.4 Å². The van der Waals surface area contributed by atoms with Crippen LogP contribution in [0.25, 0.3) is 0 Å². The normalized spacial score (nSPS) is 43.3. The minimum absolute atomic E-state index is 0.0292. The van der Waals surface area contributed by atoms with Gasteiger partial charge in [-0.3, -0.25) is 14.4 Å². The number of ketones is 2. The van der Waals surface area contributed by atoms with E-state index in [0.29, 0.717) is 18.3 Å². The van der Waals surface area contributed by atoms with E-state index in [2.05, 4.69) is 32.9 Å². The fourth-order valence-corrected chi connectivity index (χ4v) is 7.41. The van der Waals surface area contributed by atoms with Crippen molar-refractivity contribution in [3.8, 4) is 0 Å². The lowest BCUT2D eigenvalue weighted by Crippen LogP contribution is -2.58. The van der Waals surface area contributed by atoms with Crippen molar-refractivity contribution in [1.29, 1.82) is 0 Å². The van der Waals surface area contributed by atoms with Gasteiger partial charge in [0.15, 0.2) is 17.2 Å². The van der Waals surface area contributed by atoms with Crippen LogP contribution >= 0.6 is 0 Å². The molecule has 0 amide bonds. The smallest absolute Gasteiger partial charge is 0.303 e. The highest BCUT2D eigenvalue weighted by Crippen LogP contribution is 2.67. The van der Waals surface area contributed by atoms with Crippen LogP contribution in [0.5, 0.6) is 0 Å². The van der Waals surface area contributed by atoms with Crippen molar-refractivity contribution in [2.24, 2.45) is 28.6 Å². The van der Waals surface area contributed by atoms with Crippen molar-refractivity contribution >= 4 is 17.5 Å². The van der Waals surface area contributed by atoms with Gasteiger partial charge in [0.25, 0.3) is 0 Å². The molecule has 0 saturated heterocycles. The molecule has 0 bridgehead atoms. The van der Waals surface area contributed by atoms with Gasteiger partial charge in [-0.05, 0) is 81.4 Å². The topological polar surface area (TPSA) is 60.4 Å². The minimum Gasteiger partial charge on any atom is -0.451 e. The van der Waals surface area contributed by atoms with Crippen LogP contribution in [0, 0.1) is 28.6 Å². The number of esters is 1. The predicted octanol–water partition coefficient (Wildman–Crippen LogP) is 4.74. The zero-order chi connectivity index (χ0) is 21.4. The summed E-state index contributed by atoms with van der Waals surface area (Å²) in [6, 6.07) is 0. The molecule has 6 atom stereocenters. The van der Waals surface area contributed by atoms with E-state index in [0.717, 1.165) is 30.4 Å². The summed E-state index contributed by atoms with van der Waals surface area (Å²) in [7, 11) is 0. The van der Waals surface area contributed by atoms with Crippen LogP contribution in [0.4, 0.5) is 0 Å². The van der Waals surface area contributed by atoms with E-state index >= 15 is 0 Å². The molecule has 0 radical (unpaired) electrons. The Labute approximate surface area is 173 Å². The molecule has 0 aromatic heterocycles. The molecule has 4 nitrogen and oxygen atoms in total. The van der Waals surface area contributed by atoms with Gasteiger partial charge < -0.3 is 4.74 Å². The van der Waals surface area contributed by atoms with Crippen LogP contribution in [0.2, 0.25) is 0 Å². The molecule has 0 aromatic rings. The standard InChI is InChI=1S/C25H32O4/c1-14-11-18-19(23(5)13-15(2)22(28)12-21(14)23)7-9-24(6)20(18)8-10-25(24,16(3)26)29-17(4)27/h11-13,18-20H,7-10H2,1-6H3/t18-,19+,20+,23-,24+,25+/m0/s1. The second kappa shape index (κ2) is 6.26. The maximum atomic E-state index is 12.8. The van der Waals surface area contributed by atoms with Crippen molar-refractivity contribution in [1.82, 2.24) is 0 Å². The third-order valence-corrected chi connectivity index (χ3v) is 8.74. The van der Waals surface area contributed by atoms with Gasteiger partial charge in [0.2, 0.25) is 0 Å². The Kier molecular flexibility index (Phi) is 4.39. The molecule has 2 saturated carbocycles. The highest BCUT2D eigenvalue weighted by molar-refractivity contribution is 6.06. The second-order valence-corrected chi connectivity index (χ2v) is 10.1. The lowest BCUT2D eigenvalue weighted by atomic mass is 9.47. The Morgan fingerprint density at radius 3 is 2.31 bits per heavy atom. The molecule has 4 aliphatic rings. The first-order valence-electron chi connectivity index (χ1n) is 10.8. The van der Waals surface area contributed by atoms with Gasteiger partial charge in [-0.2, -0.15) is 0 Å². The second-order valence-electron chi connectivity index (χ2n) is 10.1. The van der Waals surface area contributed by atoms with Crippen LogP contribution in [0.15, 0.2) is 34.9 Å². The summed E-state index contributed by atoms with van der Waals surface area (Å²) in [6.07, 6.45) is 9.63. The summed E-state index contributed by atoms with van der Waals surface area (Å²) >= 11 is 0. The number of carbonyl (C=O) groups is 3. The van der Waals surface area contributed by atoms with Crippen LogP contribution in [0.3, 0.4) is 0 Å². The first-order chi connectivity index (χ1) is 13.5. The number of Topliss-reactive ketones (excluding diaryl/α,β-unsaturated/α-hetero) is 1. The molecule has 0 aromatic carbocycles. The van der Waals surface area contributed by atoms with Crippen molar-refractivity contribution in [3.05, 3.63) is 34.9 Å². The Bertz CT molecular complexity index is 906. The average molecular weight is 397 g/mol. The lowest BCUT2D eigenvalue weighted by Gasteiger charge is -2.57. The lowest BCUT2D eigenvalue weighted by molar-refractivity contribution is -0.184. The van der Waals surface area contributed by atoms with Gasteiger partial charge in [-0.15, -0.1) is 0 Å². The van der Waals surface area contributed by atoms with Crippen molar-refractivity contribution in [2.45, 2.75) is 72.8 Å². The average Bonchev–Trinajstić information content (AvgIpc) is 2.91. The van der Waals surface area contributed by atoms with Gasteiger partial charge in [-0.1, -0.05) is 31.6 Å². The maximum Gasteiger partial charge on any atom is 0.303 e. The fourth-order valence-electron chi connectivity index (χ4n) is 7.41. The molecule has 4 aliphatic carbocycles. The van der Waals surface area contributed by atoms with E-state index in [1.807, 2.05) is 13.0 Å². The van der Waals surface area contributed by atoms with Gasteiger partial charge >= 0.3 is 5.97 Å². The zero-order valence-electron chi connectivity index (χ0n) is 18.4. The van der Waals surface area contributed by atoms with Crippen LogP contribution in [-0.2, 0) is 19.1 Å². The van der Waals surface area contributed by atoms with E-state index < -0.39 is 5.60 Å². The molecule has 4 rings (SSSR count). The van der Waals surface area contributed by atoms with E-state index in [1.165, 1.54) is 12.5 Å². The summed E-state index contributed by atoms with van der Waals surface area (Å²) in [5.41, 5.74) is 1.61. The molecular weight excluding hydrogens is 364 g/mol. The quantitative estimate of drug-likeness (QED) is 0.633. The highest BCUT2D eigenvalue weighted by Gasteiger charge is 2.67. The number of carbonyl (C=O) groups excluding carboxylic acids is 3. The van der Waals surface area contributed by atoms with Crippen molar-refractivity contribution in [3.63, 3.8) is 0 Å². The molecule has 0 unspecified atom stereocenters. The van der Waals surface area contributed by atoms with E-state index in [-0.39, 0.29) is 34.3 Å². The van der Waals surface area contributed by atoms with Crippen LogP contribution in [0.1, 0.15) is 67.2 Å². The molecule has 156 valence electrons. The number of rotatable bonds is 2. The Morgan fingerprint density at radius 2 is 1.69 bits per heavy atom.